The molecule has 0 aliphatic carbocycles. The summed E-state index contributed by atoms with van der Waals surface area (Å²) in [7, 11) is 0. The normalized spacial score (nSPS) is 17.2. The fourth-order valence-electron chi connectivity index (χ4n) is 2.43. The number of amides is 1. The minimum absolute atomic E-state index is 0.148. The molecule has 0 radical (unpaired) electrons. The predicted octanol–water partition coefficient (Wildman–Crippen LogP) is 2.30. The van der Waals surface area contributed by atoms with Crippen LogP contribution < -0.4 is 10.1 Å². The summed E-state index contributed by atoms with van der Waals surface area (Å²) in [5.41, 5.74) is 2.09. The first-order valence-electron chi connectivity index (χ1n) is 8.04. The molecule has 1 aliphatic rings. The number of hydrogen-bond donors (Lipinski definition) is 1. The quantitative estimate of drug-likeness (QED) is 0.884. The lowest BCUT2D eigenvalue weighted by molar-refractivity contribution is -0.147. The fraction of sp³-hybridized carbons (Fsp3) is 0.316. The van der Waals surface area contributed by atoms with Crippen molar-refractivity contribution in [3.63, 3.8) is 0 Å². The summed E-state index contributed by atoms with van der Waals surface area (Å²) in [6.45, 7) is 2.27. The third kappa shape index (κ3) is 4.81. The number of carbonyl (C=O) groups excluding carboxylic acids is 1. The van der Waals surface area contributed by atoms with Gasteiger partial charge in [0, 0.05) is 6.54 Å². The van der Waals surface area contributed by atoms with Crippen LogP contribution in [0.1, 0.15) is 11.1 Å². The molecule has 1 amide bonds. The number of carbonyl (C=O) groups is 1. The zero-order valence-electron chi connectivity index (χ0n) is 13.4. The lowest BCUT2D eigenvalue weighted by Crippen LogP contribution is -2.42. The molecule has 0 spiro atoms. The van der Waals surface area contributed by atoms with E-state index in [4.69, 9.17) is 14.2 Å². The van der Waals surface area contributed by atoms with E-state index in [9.17, 15) is 4.79 Å². The Labute approximate surface area is 141 Å². The maximum absolute atomic E-state index is 12.0. The maximum Gasteiger partial charge on any atom is 0.251 e. The van der Waals surface area contributed by atoms with Crippen LogP contribution in [0.4, 0.5) is 0 Å². The van der Waals surface area contributed by atoms with E-state index < -0.39 is 6.10 Å². The standard InChI is InChI=1S/C19H21NO4/c21-19(18-14-22-9-10-23-18)20-12-16-7-4-8-17(11-16)24-13-15-5-2-1-3-6-15/h1-8,11,18H,9-10,12-14H2,(H,20,21)/t18-/m1/s1. The third-order valence-electron chi connectivity index (χ3n) is 3.72. The van der Waals surface area contributed by atoms with Gasteiger partial charge in [0.05, 0.1) is 19.8 Å². The van der Waals surface area contributed by atoms with Crippen LogP contribution in [-0.4, -0.2) is 31.8 Å². The van der Waals surface area contributed by atoms with Crippen molar-refractivity contribution in [1.29, 1.82) is 0 Å². The first kappa shape index (κ1) is 16.5. The van der Waals surface area contributed by atoms with Gasteiger partial charge in [-0.15, -0.1) is 0 Å². The van der Waals surface area contributed by atoms with Gasteiger partial charge in [-0.25, -0.2) is 0 Å². The zero-order valence-corrected chi connectivity index (χ0v) is 13.4. The Kier molecular flexibility index (Phi) is 5.82. The SMILES string of the molecule is O=C(NCc1cccc(OCc2ccccc2)c1)[C@H]1COCCO1. The molecule has 0 bridgehead atoms. The average molecular weight is 327 g/mol. The van der Waals surface area contributed by atoms with E-state index in [2.05, 4.69) is 5.32 Å². The summed E-state index contributed by atoms with van der Waals surface area (Å²) in [4.78, 5) is 12.0. The molecule has 2 aromatic rings. The smallest absolute Gasteiger partial charge is 0.251 e. The van der Waals surface area contributed by atoms with Crippen molar-refractivity contribution >= 4 is 5.91 Å². The summed E-state index contributed by atoms with van der Waals surface area (Å²) >= 11 is 0. The Morgan fingerprint density at radius 2 is 1.92 bits per heavy atom. The van der Waals surface area contributed by atoms with E-state index in [1.165, 1.54) is 0 Å². The third-order valence-corrected chi connectivity index (χ3v) is 3.72. The summed E-state index contributed by atoms with van der Waals surface area (Å²) in [6, 6.07) is 17.7. The van der Waals surface area contributed by atoms with Crippen LogP contribution in [0.5, 0.6) is 5.75 Å². The number of nitrogens with one attached hydrogen (secondary N) is 1. The largest absolute Gasteiger partial charge is 0.489 e. The molecule has 5 heteroatoms. The van der Waals surface area contributed by atoms with E-state index in [0.717, 1.165) is 16.9 Å². The predicted molar refractivity (Wildman–Crippen MR) is 89.6 cm³/mol. The number of benzene rings is 2. The highest BCUT2D eigenvalue weighted by atomic mass is 16.6. The Hall–Kier alpha value is -2.37. The second-order valence-corrected chi connectivity index (χ2v) is 5.57. The van der Waals surface area contributed by atoms with Gasteiger partial charge in [-0.05, 0) is 23.3 Å². The molecule has 1 fully saturated rings. The summed E-state index contributed by atoms with van der Waals surface area (Å²) < 4.78 is 16.4. The van der Waals surface area contributed by atoms with E-state index in [1.807, 2.05) is 54.6 Å². The number of rotatable bonds is 6. The molecule has 126 valence electrons. The van der Waals surface area contributed by atoms with Gasteiger partial charge in [0.15, 0.2) is 6.10 Å². The topological polar surface area (TPSA) is 56.8 Å². The first-order chi connectivity index (χ1) is 11.8. The molecule has 1 heterocycles. The average Bonchev–Trinajstić information content (AvgIpc) is 2.66. The minimum atomic E-state index is -0.517. The van der Waals surface area contributed by atoms with Crippen LogP contribution in [0.25, 0.3) is 0 Å². The van der Waals surface area contributed by atoms with E-state index >= 15 is 0 Å². The number of hydrogen-bond acceptors (Lipinski definition) is 4. The van der Waals surface area contributed by atoms with Gasteiger partial charge < -0.3 is 19.5 Å². The molecule has 5 nitrogen and oxygen atoms in total. The van der Waals surface area contributed by atoms with Crippen LogP contribution in [0.2, 0.25) is 0 Å². The second-order valence-electron chi connectivity index (χ2n) is 5.57. The first-order valence-corrected chi connectivity index (χ1v) is 8.04. The Morgan fingerprint density at radius 1 is 1.08 bits per heavy atom. The molecule has 1 N–H and O–H groups in total. The van der Waals surface area contributed by atoms with Crippen molar-refractivity contribution in [2.75, 3.05) is 19.8 Å². The molecule has 0 saturated carbocycles. The molecular weight excluding hydrogens is 306 g/mol. The Bertz CT molecular complexity index is 653. The Morgan fingerprint density at radius 3 is 2.71 bits per heavy atom. The van der Waals surface area contributed by atoms with Crippen LogP contribution in [0.15, 0.2) is 54.6 Å². The van der Waals surface area contributed by atoms with Crippen molar-refractivity contribution in [2.24, 2.45) is 0 Å². The summed E-state index contributed by atoms with van der Waals surface area (Å²) in [5, 5.41) is 2.87. The van der Waals surface area contributed by atoms with Gasteiger partial charge in [-0.2, -0.15) is 0 Å². The zero-order chi connectivity index (χ0) is 16.6. The van der Waals surface area contributed by atoms with Gasteiger partial charge in [0.1, 0.15) is 12.4 Å². The van der Waals surface area contributed by atoms with Crippen LogP contribution >= 0.6 is 0 Å². The highest BCUT2D eigenvalue weighted by molar-refractivity contribution is 5.80. The van der Waals surface area contributed by atoms with Gasteiger partial charge in [0.25, 0.3) is 5.91 Å². The highest BCUT2D eigenvalue weighted by Crippen LogP contribution is 2.15. The molecular formula is C19H21NO4. The lowest BCUT2D eigenvalue weighted by Gasteiger charge is -2.22. The van der Waals surface area contributed by atoms with Crippen molar-refractivity contribution < 1.29 is 19.0 Å². The summed E-state index contributed by atoms with van der Waals surface area (Å²) in [5.74, 6) is 0.633. The fourth-order valence-corrected chi connectivity index (χ4v) is 2.43. The van der Waals surface area contributed by atoms with Gasteiger partial charge in [-0.3, -0.25) is 4.79 Å². The van der Waals surface area contributed by atoms with Gasteiger partial charge in [-0.1, -0.05) is 42.5 Å². The molecule has 0 unspecified atom stereocenters. The monoisotopic (exact) mass is 327 g/mol. The van der Waals surface area contributed by atoms with Crippen LogP contribution in [-0.2, 0) is 27.4 Å². The van der Waals surface area contributed by atoms with Crippen molar-refractivity contribution in [3.8, 4) is 5.75 Å². The lowest BCUT2D eigenvalue weighted by atomic mass is 10.2. The van der Waals surface area contributed by atoms with Crippen LogP contribution in [0.3, 0.4) is 0 Å². The summed E-state index contributed by atoms with van der Waals surface area (Å²) in [6.07, 6.45) is -0.517. The van der Waals surface area contributed by atoms with E-state index in [1.54, 1.807) is 0 Å². The Balaban J connectivity index is 1.50. The molecule has 2 aromatic carbocycles. The molecule has 0 aromatic heterocycles. The van der Waals surface area contributed by atoms with Gasteiger partial charge >= 0.3 is 0 Å². The molecule has 1 atom stereocenters. The van der Waals surface area contributed by atoms with E-state index in [0.29, 0.717) is 33.0 Å². The van der Waals surface area contributed by atoms with Crippen LogP contribution in [0, 0.1) is 0 Å². The van der Waals surface area contributed by atoms with Crippen molar-refractivity contribution in [3.05, 3.63) is 65.7 Å². The van der Waals surface area contributed by atoms with Crippen molar-refractivity contribution in [1.82, 2.24) is 5.32 Å². The molecule has 3 rings (SSSR count). The maximum atomic E-state index is 12.0. The van der Waals surface area contributed by atoms with Gasteiger partial charge in [0.2, 0.25) is 0 Å². The van der Waals surface area contributed by atoms with Crippen molar-refractivity contribution in [2.45, 2.75) is 19.3 Å². The molecule has 1 aliphatic heterocycles. The van der Waals surface area contributed by atoms with E-state index in [-0.39, 0.29) is 5.91 Å². The molecule has 24 heavy (non-hydrogen) atoms. The minimum Gasteiger partial charge on any atom is -0.489 e. The molecule has 1 saturated heterocycles. The number of ether oxygens (including phenoxy) is 3. The highest BCUT2D eigenvalue weighted by Gasteiger charge is 2.22. The second kappa shape index (κ2) is 8.47.